The van der Waals surface area contributed by atoms with E-state index in [1.54, 1.807) is 0 Å². The molecule has 114 valence electrons. The fraction of sp³-hybridized carbons (Fsp3) is 0.500. The number of thioether (sulfide) groups is 1. The van der Waals surface area contributed by atoms with E-state index in [1.807, 2.05) is 25.3 Å². The van der Waals surface area contributed by atoms with Gasteiger partial charge < -0.3 is 11.1 Å². The molecule has 2 rings (SSSR count). The summed E-state index contributed by atoms with van der Waals surface area (Å²) >= 11 is 2.86. The number of rotatable bonds is 6. The number of nitrogens with zero attached hydrogens (tertiary/aromatic N) is 2. The van der Waals surface area contributed by atoms with Crippen molar-refractivity contribution >= 4 is 45.0 Å². The predicted molar refractivity (Wildman–Crippen MR) is 89.7 cm³/mol. The third-order valence-electron chi connectivity index (χ3n) is 3.10. The summed E-state index contributed by atoms with van der Waals surface area (Å²) in [6, 6.07) is 2.10. The summed E-state index contributed by atoms with van der Waals surface area (Å²) in [5.41, 5.74) is 5.92. The third-order valence-corrected chi connectivity index (χ3v) is 4.86. The molecule has 5 nitrogen and oxygen atoms in total. The van der Waals surface area contributed by atoms with Crippen LogP contribution in [0.1, 0.15) is 33.6 Å². The molecule has 21 heavy (non-hydrogen) atoms. The lowest BCUT2D eigenvalue weighted by Gasteiger charge is -2.16. The zero-order valence-electron chi connectivity index (χ0n) is 12.4. The lowest BCUT2D eigenvalue weighted by molar-refractivity contribution is -0.120. The minimum Gasteiger partial charge on any atom is -0.383 e. The summed E-state index contributed by atoms with van der Waals surface area (Å²) in [4.78, 5) is 21.7. The summed E-state index contributed by atoms with van der Waals surface area (Å²) in [5, 5.41) is 6.11. The molecule has 0 aliphatic carbocycles. The zero-order valence-corrected chi connectivity index (χ0v) is 14.1. The molecule has 0 aromatic carbocycles. The Morgan fingerprint density at radius 3 is 2.95 bits per heavy atom. The van der Waals surface area contributed by atoms with Gasteiger partial charge in [-0.15, -0.1) is 11.3 Å². The molecule has 0 saturated heterocycles. The molecule has 2 aromatic heterocycles. The number of nitrogens with two attached hydrogens (primary N) is 1. The molecule has 0 radical (unpaired) electrons. The molecule has 2 atom stereocenters. The highest BCUT2D eigenvalue weighted by atomic mass is 32.2. The van der Waals surface area contributed by atoms with Gasteiger partial charge in [0.2, 0.25) is 5.91 Å². The first-order valence-electron chi connectivity index (χ1n) is 6.99. The highest BCUT2D eigenvalue weighted by Gasteiger charge is 2.18. The Labute approximate surface area is 132 Å². The number of hydrogen-bond acceptors (Lipinski definition) is 6. The van der Waals surface area contributed by atoms with Gasteiger partial charge in [0.15, 0.2) is 5.16 Å². The van der Waals surface area contributed by atoms with Gasteiger partial charge in [-0.05, 0) is 31.7 Å². The molecule has 0 bridgehead atoms. The molecule has 7 heteroatoms. The van der Waals surface area contributed by atoms with E-state index in [-0.39, 0.29) is 17.2 Å². The maximum Gasteiger partial charge on any atom is 0.233 e. The van der Waals surface area contributed by atoms with Crippen molar-refractivity contribution in [2.45, 2.75) is 50.1 Å². The van der Waals surface area contributed by atoms with Crippen LogP contribution in [0, 0.1) is 0 Å². The van der Waals surface area contributed by atoms with Gasteiger partial charge in [-0.3, -0.25) is 4.79 Å². The van der Waals surface area contributed by atoms with E-state index < -0.39 is 0 Å². The van der Waals surface area contributed by atoms with Crippen molar-refractivity contribution in [3.63, 3.8) is 0 Å². The van der Waals surface area contributed by atoms with Crippen LogP contribution in [0.25, 0.3) is 10.2 Å². The second kappa shape index (κ2) is 7.09. The minimum atomic E-state index is -0.249. The lowest BCUT2D eigenvalue weighted by Crippen LogP contribution is -2.37. The Kier molecular flexibility index (Phi) is 5.41. The molecule has 3 N–H and O–H groups in total. The Morgan fingerprint density at radius 1 is 1.48 bits per heavy atom. The normalized spacial score (nSPS) is 14.0. The van der Waals surface area contributed by atoms with Crippen LogP contribution in [0.15, 0.2) is 16.6 Å². The molecule has 0 saturated carbocycles. The lowest BCUT2D eigenvalue weighted by atomic mass is 10.2. The topological polar surface area (TPSA) is 80.9 Å². The van der Waals surface area contributed by atoms with Crippen LogP contribution in [-0.2, 0) is 4.79 Å². The summed E-state index contributed by atoms with van der Waals surface area (Å²) in [6.07, 6.45) is 2.03. The van der Waals surface area contributed by atoms with Crippen LogP contribution in [0.2, 0.25) is 0 Å². The van der Waals surface area contributed by atoms with Gasteiger partial charge >= 0.3 is 0 Å². The standard InChI is InChI=1S/C14H20N4OS2/c1-4-5-8(2)16-12(19)9(3)21-14-17-11(15)10-6-7-20-13(10)18-14/h6-9H,4-5H2,1-3H3,(H,16,19)(H2,15,17,18). The van der Waals surface area contributed by atoms with E-state index >= 15 is 0 Å². The Balaban J connectivity index is 2.03. The first-order chi connectivity index (χ1) is 10.0. The highest BCUT2D eigenvalue weighted by Crippen LogP contribution is 2.28. The SMILES string of the molecule is CCCC(C)NC(=O)C(C)Sc1nc(N)c2ccsc2n1. The third kappa shape index (κ3) is 4.07. The van der Waals surface area contributed by atoms with E-state index in [1.165, 1.54) is 23.1 Å². The second-order valence-corrected chi connectivity index (χ2v) is 7.19. The van der Waals surface area contributed by atoms with Crippen molar-refractivity contribution < 1.29 is 4.79 Å². The second-order valence-electron chi connectivity index (χ2n) is 4.99. The monoisotopic (exact) mass is 324 g/mol. The van der Waals surface area contributed by atoms with Gasteiger partial charge in [-0.1, -0.05) is 25.1 Å². The van der Waals surface area contributed by atoms with Crippen molar-refractivity contribution in [1.82, 2.24) is 15.3 Å². The molecule has 0 spiro atoms. The predicted octanol–water partition coefficient (Wildman–Crippen LogP) is 3.06. The van der Waals surface area contributed by atoms with Crippen molar-refractivity contribution in [1.29, 1.82) is 0 Å². The fourth-order valence-corrected chi connectivity index (χ4v) is 3.60. The van der Waals surface area contributed by atoms with Crippen LogP contribution < -0.4 is 11.1 Å². The molecular formula is C14H20N4OS2. The van der Waals surface area contributed by atoms with E-state index in [9.17, 15) is 4.79 Å². The Hall–Kier alpha value is -1.34. The van der Waals surface area contributed by atoms with Crippen molar-refractivity contribution in [2.24, 2.45) is 0 Å². The van der Waals surface area contributed by atoms with E-state index in [0.717, 1.165) is 23.1 Å². The number of nitrogens with one attached hydrogen (secondary N) is 1. The summed E-state index contributed by atoms with van der Waals surface area (Å²) in [5.74, 6) is 0.477. The van der Waals surface area contributed by atoms with Crippen LogP contribution in [0.3, 0.4) is 0 Å². The van der Waals surface area contributed by atoms with Crippen LogP contribution in [0.5, 0.6) is 0 Å². The molecule has 0 aliphatic heterocycles. The number of aromatic nitrogens is 2. The van der Waals surface area contributed by atoms with Gasteiger partial charge in [-0.2, -0.15) is 0 Å². The number of thiophene rings is 1. The Bertz CT molecular complexity index is 628. The Morgan fingerprint density at radius 2 is 2.24 bits per heavy atom. The van der Waals surface area contributed by atoms with Gasteiger partial charge in [0.1, 0.15) is 10.6 Å². The number of carbonyl (C=O) groups is 1. The largest absolute Gasteiger partial charge is 0.383 e. The summed E-state index contributed by atoms with van der Waals surface area (Å²) < 4.78 is 0. The average Bonchev–Trinajstić information content (AvgIpc) is 2.87. The van der Waals surface area contributed by atoms with E-state index in [2.05, 4.69) is 22.2 Å². The number of carbonyl (C=O) groups excluding carboxylic acids is 1. The molecule has 2 unspecified atom stereocenters. The van der Waals surface area contributed by atoms with Crippen molar-refractivity contribution in [2.75, 3.05) is 5.73 Å². The number of nitrogen functional groups attached to an aromatic ring is 1. The molecule has 1 amide bonds. The van der Waals surface area contributed by atoms with E-state index in [0.29, 0.717) is 11.0 Å². The van der Waals surface area contributed by atoms with Gasteiger partial charge in [0.05, 0.1) is 10.6 Å². The quantitative estimate of drug-likeness (QED) is 0.630. The number of hydrogen-bond donors (Lipinski definition) is 2. The molecule has 0 aliphatic rings. The van der Waals surface area contributed by atoms with Crippen molar-refractivity contribution in [3.8, 4) is 0 Å². The maximum atomic E-state index is 12.1. The van der Waals surface area contributed by atoms with Gasteiger partial charge in [0.25, 0.3) is 0 Å². The maximum absolute atomic E-state index is 12.1. The first kappa shape index (κ1) is 16.0. The van der Waals surface area contributed by atoms with Gasteiger partial charge in [0, 0.05) is 6.04 Å². The van der Waals surface area contributed by atoms with E-state index in [4.69, 9.17) is 5.73 Å². The minimum absolute atomic E-state index is 0.00870. The van der Waals surface area contributed by atoms with Gasteiger partial charge in [-0.25, -0.2) is 9.97 Å². The fourth-order valence-electron chi connectivity index (χ4n) is 1.99. The molecule has 2 heterocycles. The van der Waals surface area contributed by atoms with Crippen LogP contribution in [0.4, 0.5) is 5.82 Å². The molecule has 2 aromatic rings. The highest BCUT2D eigenvalue weighted by molar-refractivity contribution is 8.00. The zero-order chi connectivity index (χ0) is 15.4. The number of anilines is 1. The van der Waals surface area contributed by atoms with Crippen LogP contribution >= 0.6 is 23.1 Å². The smallest absolute Gasteiger partial charge is 0.233 e. The molecule has 0 fully saturated rings. The first-order valence-corrected chi connectivity index (χ1v) is 8.75. The van der Waals surface area contributed by atoms with Crippen molar-refractivity contribution in [3.05, 3.63) is 11.4 Å². The summed E-state index contributed by atoms with van der Waals surface area (Å²) in [7, 11) is 0. The number of fused-ring (bicyclic) bond motifs is 1. The number of amides is 1. The summed E-state index contributed by atoms with van der Waals surface area (Å²) in [6.45, 7) is 5.98. The average molecular weight is 324 g/mol. The molecular weight excluding hydrogens is 304 g/mol. The van der Waals surface area contributed by atoms with Crippen LogP contribution in [-0.4, -0.2) is 27.2 Å².